The number of carbonyl (C=O) groups excluding carboxylic acids is 1. The van der Waals surface area contributed by atoms with Crippen molar-refractivity contribution in [2.45, 2.75) is 6.42 Å². The molecule has 0 N–H and O–H groups in total. The average Bonchev–Trinajstić information content (AvgIpc) is 2.49. The SMILES string of the molecule is O=C(Cc1ccc(Br)cc1)c1ccc2ccccc2c1. The van der Waals surface area contributed by atoms with Gasteiger partial charge in [0.2, 0.25) is 0 Å². The Balaban J connectivity index is 1.86. The Hall–Kier alpha value is -1.93. The largest absolute Gasteiger partial charge is 0.294 e. The summed E-state index contributed by atoms with van der Waals surface area (Å²) < 4.78 is 1.03. The third-order valence-electron chi connectivity index (χ3n) is 3.35. The first-order valence-electron chi connectivity index (χ1n) is 6.49. The zero-order chi connectivity index (χ0) is 13.9. The van der Waals surface area contributed by atoms with Crippen LogP contribution in [-0.2, 0) is 6.42 Å². The molecular weight excluding hydrogens is 312 g/mol. The van der Waals surface area contributed by atoms with Crippen molar-refractivity contribution in [3.8, 4) is 0 Å². The highest BCUT2D eigenvalue weighted by Gasteiger charge is 2.07. The third-order valence-corrected chi connectivity index (χ3v) is 3.88. The molecule has 0 fully saturated rings. The monoisotopic (exact) mass is 324 g/mol. The summed E-state index contributed by atoms with van der Waals surface area (Å²) in [6.45, 7) is 0. The van der Waals surface area contributed by atoms with Crippen molar-refractivity contribution in [3.63, 3.8) is 0 Å². The van der Waals surface area contributed by atoms with Crippen molar-refractivity contribution < 1.29 is 4.79 Å². The van der Waals surface area contributed by atoms with Crippen LogP contribution in [0, 0.1) is 0 Å². The van der Waals surface area contributed by atoms with Crippen LogP contribution in [0.4, 0.5) is 0 Å². The van der Waals surface area contributed by atoms with E-state index >= 15 is 0 Å². The Bertz CT molecular complexity index is 760. The molecule has 1 nitrogen and oxygen atoms in total. The van der Waals surface area contributed by atoms with Crippen LogP contribution in [0.1, 0.15) is 15.9 Å². The van der Waals surface area contributed by atoms with Gasteiger partial charge in [-0.2, -0.15) is 0 Å². The normalized spacial score (nSPS) is 10.7. The molecule has 3 rings (SSSR count). The number of Topliss-reactive ketones (excluding diaryl/α,β-unsaturated/α-hetero) is 1. The number of hydrogen-bond acceptors (Lipinski definition) is 1. The molecule has 0 heterocycles. The van der Waals surface area contributed by atoms with Gasteiger partial charge >= 0.3 is 0 Å². The average molecular weight is 325 g/mol. The molecule has 0 saturated heterocycles. The van der Waals surface area contributed by atoms with Gasteiger partial charge < -0.3 is 0 Å². The van der Waals surface area contributed by atoms with Crippen LogP contribution in [0.5, 0.6) is 0 Å². The summed E-state index contributed by atoms with van der Waals surface area (Å²) in [6.07, 6.45) is 0.436. The highest BCUT2D eigenvalue weighted by atomic mass is 79.9. The van der Waals surface area contributed by atoms with Crippen molar-refractivity contribution >= 4 is 32.5 Å². The first-order valence-corrected chi connectivity index (χ1v) is 7.28. The molecule has 20 heavy (non-hydrogen) atoms. The van der Waals surface area contributed by atoms with Crippen molar-refractivity contribution in [1.82, 2.24) is 0 Å². The number of hydrogen-bond donors (Lipinski definition) is 0. The van der Waals surface area contributed by atoms with Gasteiger partial charge in [-0.1, -0.05) is 64.5 Å². The topological polar surface area (TPSA) is 17.1 Å². The lowest BCUT2D eigenvalue weighted by molar-refractivity contribution is 0.0993. The Morgan fingerprint density at radius 3 is 2.30 bits per heavy atom. The highest BCUT2D eigenvalue weighted by molar-refractivity contribution is 9.10. The molecule has 0 radical (unpaired) electrons. The lowest BCUT2D eigenvalue weighted by Crippen LogP contribution is -2.03. The molecule has 3 aromatic rings. The molecule has 0 aliphatic heterocycles. The van der Waals surface area contributed by atoms with Crippen LogP contribution in [-0.4, -0.2) is 5.78 Å². The third kappa shape index (κ3) is 2.81. The van der Waals surface area contributed by atoms with Crippen molar-refractivity contribution in [3.05, 3.63) is 82.3 Å². The Labute approximate surface area is 126 Å². The molecule has 0 amide bonds. The van der Waals surface area contributed by atoms with E-state index in [0.29, 0.717) is 6.42 Å². The smallest absolute Gasteiger partial charge is 0.167 e. The van der Waals surface area contributed by atoms with Crippen LogP contribution in [0.3, 0.4) is 0 Å². The number of halogens is 1. The molecular formula is C18H13BrO. The van der Waals surface area contributed by atoms with E-state index in [1.165, 1.54) is 0 Å². The minimum Gasteiger partial charge on any atom is -0.294 e. The second-order valence-corrected chi connectivity index (χ2v) is 5.70. The van der Waals surface area contributed by atoms with Gasteiger partial charge in [0.15, 0.2) is 5.78 Å². The number of carbonyl (C=O) groups is 1. The van der Waals surface area contributed by atoms with E-state index in [0.717, 1.165) is 26.4 Å². The molecule has 98 valence electrons. The fourth-order valence-corrected chi connectivity index (χ4v) is 2.52. The van der Waals surface area contributed by atoms with Crippen LogP contribution < -0.4 is 0 Å². The standard InChI is InChI=1S/C18H13BrO/c19-17-9-5-13(6-10-17)11-18(20)16-8-7-14-3-1-2-4-15(14)12-16/h1-10,12H,11H2. The van der Waals surface area contributed by atoms with Crippen molar-refractivity contribution in [2.75, 3.05) is 0 Å². The quantitative estimate of drug-likeness (QED) is 0.618. The Kier molecular flexibility index (Phi) is 3.66. The van der Waals surface area contributed by atoms with Crippen molar-refractivity contribution in [1.29, 1.82) is 0 Å². The van der Waals surface area contributed by atoms with Crippen molar-refractivity contribution in [2.24, 2.45) is 0 Å². The highest BCUT2D eigenvalue weighted by Crippen LogP contribution is 2.18. The zero-order valence-electron chi connectivity index (χ0n) is 10.8. The van der Waals surface area contributed by atoms with Gasteiger partial charge in [-0.3, -0.25) is 4.79 Å². The molecule has 0 aliphatic carbocycles. The maximum atomic E-state index is 12.3. The molecule has 0 spiro atoms. The van der Waals surface area contributed by atoms with E-state index in [-0.39, 0.29) is 5.78 Å². The van der Waals surface area contributed by atoms with E-state index < -0.39 is 0 Å². The second-order valence-electron chi connectivity index (χ2n) is 4.79. The number of rotatable bonds is 3. The fourth-order valence-electron chi connectivity index (χ4n) is 2.25. The second kappa shape index (κ2) is 5.59. The molecule has 0 atom stereocenters. The summed E-state index contributed by atoms with van der Waals surface area (Å²) >= 11 is 3.40. The van der Waals surface area contributed by atoms with Gasteiger partial charge in [0.25, 0.3) is 0 Å². The zero-order valence-corrected chi connectivity index (χ0v) is 12.4. The number of fused-ring (bicyclic) bond motifs is 1. The molecule has 3 aromatic carbocycles. The van der Waals surface area contributed by atoms with E-state index in [4.69, 9.17) is 0 Å². The van der Waals surface area contributed by atoms with Gasteiger partial charge in [-0.05, 0) is 34.5 Å². The fraction of sp³-hybridized carbons (Fsp3) is 0.0556. The first kappa shape index (κ1) is 13.1. The van der Waals surface area contributed by atoms with E-state index in [9.17, 15) is 4.79 Å². The van der Waals surface area contributed by atoms with E-state index in [1.54, 1.807) is 0 Å². The summed E-state index contributed by atoms with van der Waals surface area (Å²) in [7, 11) is 0. The minimum absolute atomic E-state index is 0.151. The van der Waals surface area contributed by atoms with Gasteiger partial charge in [0.1, 0.15) is 0 Å². The van der Waals surface area contributed by atoms with Crippen LogP contribution in [0.2, 0.25) is 0 Å². The molecule has 0 bridgehead atoms. The van der Waals surface area contributed by atoms with Crippen LogP contribution in [0.15, 0.2) is 71.2 Å². The van der Waals surface area contributed by atoms with Gasteiger partial charge in [-0.15, -0.1) is 0 Å². The Morgan fingerprint density at radius 1 is 0.850 bits per heavy atom. The predicted molar refractivity (Wildman–Crippen MR) is 86.1 cm³/mol. The van der Waals surface area contributed by atoms with Gasteiger partial charge in [0, 0.05) is 16.5 Å². The summed E-state index contributed by atoms with van der Waals surface area (Å²) in [5.41, 5.74) is 1.80. The molecule has 0 saturated carbocycles. The first-order chi connectivity index (χ1) is 9.72. The van der Waals surface area contributed by atoms with Gasteiger partial charge in [0.05, 0.1) is 0 Å². The summed E-state index contributed by atoms with van der Waals surface area (Å²) in [4.78, 5) is 12.3. The Morgan fingerprint density at radius 2 is 1.55 bits per heavy atom. The molecule has 0 aliphatic rings. The van der Waals surface area contributed by atoms with E-state index in [2.05, 4.69) is 22.0 Å². The predicted octanol–water partition coefficient (Wildman–Crippen LogP) is 5.03. The summed E-state index contributed by atoms with van der Waals surface area (Å²) in [5.74, 6) is 0.151. The minimum atomic E-state index is 0.151. The molecule has 0 aromatic heterocycles. The molecule has 0 unspecified atom stereocenters. The summed E-state index contributed by atoms with van der Waals surface area (Å²) in [6, 6.07) is 21.8. The maximum absolute atomic E-state index is 12.3. The number of ketones is 1. The van der Waals surface area contributed by atoms with Gasteiger partial charge in [-0.25, -0.2) is 0 Å². The maximum Gasteiger partial charge on any atom is 0.167 e. The van der Waals surface area contributed by atoms with Crippen LogP contribution >= 0.6 is 15.9 Å². The lowest BCUT2D eigenvalue weighted by atomic mass is 10.00. The van der Waals surface area contributed by atoms with Crippen LogP contribution in [0.25, 0.3) is 10.8 Å². The van der Waals surface area contributed by atoms with E-state index in [1.807, 2.05) is 60.7 Å². The lowest BCUT2D eigenvalue weighted by Gasteiger charge is -2.04. The molecule has 2 heteroatoms. The summed E-state index contributed by atoms with van der Waals surface area (Å²) in [5, 5.41) is 2.27. The number of benzene rings is 3.